The van der Waals surface area contributed by atoms with Crippen LogP contribution in [0.2, 0.25) is 0 Å². The van der Waals surface area contributed by atoms with Crippen LogP contribution in [0.3, 0.4) is 0 Å². The van der Waals surface area contributed by atoms with Crippen molar-refractivity contribution < 1.29 is 14.5 Å². The van der Waals surface area contributed by atoms with E-state index in [-0.39, 0.29) is 17.5 Å². The quantitative estimate of drug-likeness (QED) is 0.290. The van der Waals surface area contributed by atoms with Crippen LogP contribution in [0.1, 0.15) is 38.4 Å². The lowest BCUT2D eigenvalue weighted by Crippen LogP contribution is -2.23. The second kappa shape index (κ2) is 9.41. The largest absolute Gasteiger partial charge is 0.326 e. The van der Waals surface area contributed by atoms with Crippen LogP contribution in [-0.2, 0) is 9.59 Å². The third kappa shape index (κ3) is 5.37. The molecule has 0 radical (unpaired) electrons. The van der Waals surface area contributed by atoms with Crippen molar-refractivity contribution in [3.05, 3.63) is 64.5 Å². The number of rotatable bonds is 8. The highest BCUT2D eigenvalue weighted by Crippen LogP contribution is 2.41. The standard InChI is InChI=1S/C22H22N6O4S/c1-13(21(30)24-16-8-10-18(11-9-16)28(31)32)33-22-26-25-20(15-6-7-15)27(22)19-5-3-4-17(12-19)23-14(2)29/h3-5,8-13,15H,6-7H2,1-2H3,(H,23,29)(H,24,30). The van der Waals surface area contributed by atoms with Gasteiger partial charge in [-0.1, -0.05) is 17.8 Å². The number of anilines is 2. The second-order valence-corrected chi connectivity index (χ2v) is 9.04. The van der Waals surface area contributed by atoms with Crippen LogP contribution in [0.4, 0.5) is 17.1 Å². The topological polar surface area (TPSA) is 132 Å². The van der Waals surface area contributed by atoms with Crippen LogP contribution in [0.25, 0.3) is 5.69 Å². The first-order valence-corrected chi connectivity index (χ1v) is 11.2. The number of hydrogen-bond donors (Lipinski definition) is 2. The van der Waals surface area contributed by atoms with E-state index < -0.39 is 10.2 Å². The fourth-order valence-electron chi connectivity index (χ4n) is 3.25. The number of carbonyl (C=O) groups excluding carboxylic acids is 2. The van der Waals surface area contributed by atoms with Crippen LogP contribution < -0.4 is 10.6 Å². The molecule has 1 fully saturated rings. The minimum Gasteiger partial charge on any atom is -0.326 e. The molecule has 0 bridgehead atoms. The lowest BCUT2D eigenvalue weighted by Gasteiger charge is -2.14. The Morgan fingerprint density at radius 1 is 1.12 bits per heavy atom. The summed E-state index contributed by atoms with van der Waals surface area (Å²) in [6.45, 7) is 3.21. The summed E-state index contributed by atoms with van der Waals surface area (Å²) in [5, 5.41) is 25.1. The zero-order chi connectivity index (χ0) is 23.5. The maximum atomic E-state index is 12.7. The fraction of sp³-hybridized carbons (Fsp3) is 0.273. The summed E-state index contributed by atoms with van der Waals surface area (Å²) in [5.74, 6) is 0.730. The van der Waals surface area contributed by atoms with Gasteiger partial charge in [0, 0.05) is 36.3 Å². The van der Waals surface area contributed by atoms with E-state index in [4.69, 9.17) is 0 Å². The third-order valence-electron chi connectivity index (χ3n) is 5.02. The van der Waals surface area contributed by atoms with Crippen molar-refractivity contribution in [3.63, 3.8) is 0 Å². The van der Waals surface area contributed by atoms with Gasteiger partial charge in [-0.3, -0.25) is 24.3 Å². The van der Waals surface area contributed by atoms with Crippen molar-refractivity contribution in [1.82, 2.24) is 14.8 Å². The molecule has 1 atom stereocenters. The maximum Gasteiger partial charge on any atom is 0.269 e. The van der Waals surface area contributed by atoms with E-state index in [0.29, 0.717) is 22.4 Å². The van der Waals surface area contributed by atoms with Crippen LogP contribution in [-0.4, -0.2) is 36.8 Å². The molecule has 1 heterocycles. The summed E-state index contributed by atoms with van der Waals surface area (Å²) in [7, 11) is 0. The molecule has 1 saturated carbocycles. The summed E-state index contributed by atoms with van der Waals surface area (Å²) in [6.07, 6.45) is 2.06. The average Bonchev–Trinajstić information content (AvgIpc) is 3.54. The fourth-order valence-corrected chi connectivity index (χ4v) is 4.13. The Kier molecular flexibility index (Phi) is 6.40. The van der Waals surface area contributed by atoms with Gasteiger partial charge in [-0.05, 0) is 50.1 Å². The molecule has 2 amide bonds. The lowest BCUT2D eigenvalue weighted by molar-refractivity contribution is -0.384. The van der Waals surface area contributed by atoms with Gasteiger partial charge >= 0.3 is 0 Å². The van der Waals surface area contributed by atoms with Gasteiger partial charge in [0.05, 0.1) is 15.9 Å². The molecule has 170 valence electrons. The van der Waals surface area contributed by atoms with Crippen molar-refractivity contribution in [3.8, 4) is 5.69 Å². The Morgan fingerprint density at radius 3 is 2.48 bits per heavy atom. The smallest absolute Gasteiger partial charge is 0.269 e. The minimum atomic E-state index is -0.506. The molecule has 1 unspecified atom stereocenters. The van der Waals surface area contributed by atoms with Crippen LogP contribution in [0.5, 0.6) is 0 Å². The van der Waals surface area contributed by atoms with Gasteiger partial charge in [-0.15, -0.1) is 10.2 Å². The maximum absolute atomic E-state index is 12.7. The van der Waals surface area contributed by atoms with Gasteiger partial charge in [0.1, 0.15) is 5.82 Å². The molecule has 0 spiro atoms. The number of benzene rings is 2. The Morgan fingerprint density at radius 2 is 1.85 bits per heavy atom. The molecular formula is C22H22N6O4S. The van der Waals surface area contributed by atoms with Crippen molar-refractivity contribution in [1.29, 1.82) is 0 Å². The summed E-state index contributed by atoms with van der Waals surface area (Å²) < 4.78 is 1.93. The van der Waals surface area contributed by atoms with Gasteiger partial charge in [0.25, 0.3) is 5.69 Å². The summed E-state index contributed by atoms with van der Waals surface area (Å²) in [6, 6.07) is 13.1. The predicted octanol–water partition coefficient (Wildman–Crippen LogP) is 4.13. The first-order chi connectivity index (χ1) is 15.8. The lowest BCUT2D eigenvalue weighted by atomic mass is 10.2. The Hall–Kier alpha value is -3.73. The summed E-state index contributed by atoms with van der Waals surface area (Å²) in [4.78, 5) is 34.5. The van der Waals surface area contributed by atoms with Crippen LogP contribution in [0.15, 0.2) is 53.7 Å². The van der Waals surface area contributed by atoms with Crippen LogP contribution >= 0.6 is 11.8 Å². The van der Waals surface area contributed by atoms with Gasteiger partial charge < -0.3 is 10.6 Å². The molecule has 3 aromatic rings. The number of nitro groups is 1. The number of aromatic nitrogens is 3. The van der Waals surface area contributed by atoms with Gasteiger partial charge in [-0.25, -0.2) is 0 Å². The molecule has 1 aliphatic carbocycles. The minimum absolute atomic E-state index is 0.0439. The van der Waals surface area contributed by atoms with Crippen molar-refractivity contribution >= 4 is 40.6 Å². The SMILES string of the molecule is CC(=O)Nc1cccc(-n2c(SC(C)C(=O)Nc3ccc([N+](=O)[O-])cc3)nnc2C2CC2)c1. The number of thioether (sulfide) groups is 1. The van der Waals surface area contributed by atoms with Crippen molar-refractivity contribution in [2.24, 2.45) is 0 Å². The molecule has 0 aliphatic heterocycles. The van der Waals surface area contributed by atoms with Crippen molar-refractivity contribution in [2.45, 2.75) is 43.0 Å². The van der Waals surface area contributed by atoms with E-state index in [0.717, 1.165) is 24.4 Å². The van der Waals surface area contributed by atoms with Crippen LogP contribution in [0, 0.1) is 10.1 Å². The van der Waals surface area contributed by atoms with E-state index in [2.05, 4.69) is 20.8 Å². The molecule has 2 aromatic carbocycles. The molecule has 2 N–H and O–H groups in total. The van der Waals surface area contributed by atoms with E-state index in [1.165, 1.54) is 43.0 Å². The van der Waals surface area contributed by atoms with Gasteiger partial charge in [-0.2, -0.15) is 0 Å². The highest BCUT2D eigenvalue weighted by molar-refractivity contribution is 8.00. The first-order valence-electron chi connectivity index (χ1n) is 10.4. The number of non-ortho nitro benzene ring substituents is 1. The summed E-state index contributed by atoms with van der Waals surface area (Å²) >= 11 is 1.27. The number of nitrogens with zero attached hydrogens (tertiary/aromatic N) is 4. The average molecular weight is 467 g/mol. The van der Waals surface area contributed by atoms with Gasteiger partial charge in [0.2, 0.25) is 11.8 Å². The molecular weight excluding hydrogens is 444 g/mol. The predicted molar refractivity (Wildman–Crippen MR) is 125 cm³/mol. The van der Waals surface area contributed by atoms with E-state index in [1.54, 1.807) is 13.0 Å². The number of nitrogens with one attached hydrogen (secondary N) is 2. The summed E-state index contributed by atoms with van der Waals surface area (Å²) in [5.41, 5.74) is 1.90. The van der Waals surface area contributed by atoms with Crippen molar-refractivity contribution in [2.75, 3.05) is 10.6 Å². The molecule has 0 saturated heterocycles. The molecule has 4 rings (SSSR count). The zero-order valence-electron chi connectivity index (χ0n) is 18.0. The Labute approximate surface area is 193 Å². The zero-order valence-corrected chi connectivity index (χ0v) is 18.8. The molecule has 1 aliphatic rings. The number of amides is 2. The molecule has 10 nitrogen and oxygen atoms in total. The first kappa shape index (κ1) is 22.5. The highest BCUT2D eigenvalue weighted by atomic mass is 32.2. The Balaban J connectivity index is 1.54. The number of carbonyl (C=O) groups is 2. The van der Waals surface area contributed by atoms with E-state index in [1.807, 2.05) is 22.8 Å². The molecule has 1 aromatic heterocycles. The Bertz CT molecular complexity index is 1210. The third-order valence-corrected chi connectivity index (χ3v) is 6.07. The normalized spacial score (nSPS) is 13.9. The van der Waals surface area contributed by atoms with E-state index in [9.17, 15) is 19.7 Å². The monoisotopic (exact) mass is 466 g/mol. The molecule has 11 heteroatoms. The molecule has 33 heavy (non-hydrogen) atoms. The second-order valence-electron chi connectivity index (χ2n) is 7.74. The highest BCUT2D eigenvalue weighted by Gasteiger charge is 2.32. The number of hydrogen-bond acceptors (Lipinski definition) is 7. The van der Waals surface area contributed by atoms with Gasteiger partial charge in [0.15, 0.2) is 5.16 Å². The number of nitro benzene ring substituents is 1. The van der Waals surface area contributed by atoms with E-state index >= 15 is 0 Å².